The van der Waals surface area contributed by atoms with Crippen molar-refractivity contribution < 1.29 is 24.2 Å². The molecule has 0 spiro atoms. The zero-order valence-corrected chi connectivity index (χ0v) is 14.6. The first-order chi connectivity index (χ1) is 11.9. The van der Waals surface area contributed by atoms with E-state index in [0.29, 0.717) is 24.2 Å². The summed E-state index contributed by atoms with van der Waals surface area (Å²) in [7, 11) is 2.89. The van der Waals surface area contributed by atoms with Gasteiger partial charge in [0.05, 0.1) is 12.5 Å². The van der Waals surface area contributed by atoms with Gasteiger partial charge in [-0.2, -0.15) is 0 Å². The van der Waals surface area contributed by atoms with E-state index in [1.807, 2.05) is 0 Å². The first kappa shape index (κ1) is 18.8. The number of rotatable bonds is 5. The predicted octanol–water partition coefficient (Wildman–Crippen LogP) is 3.25. The van der Waals surface area contributed by atoms with Crippen molar-refractivity contribution in [3.63, 3.8) is 0 Å². The Morgan fingerprint density at radius 1 is 1.16 bits per heavy atom. The van der Waals surface area contributed by atoms with E-state index in [9.17, 15) is 19.5 Å². The third-order valence-corrected chi connectivity index (χ3v) is 4.75. The number of carbonyl (C=O) groups is 3. The molecule has 7 nitrogen and oxygen atoms in total. The molecule has 2 rings (SSSR count). The maximum Gasteiger partial charge on any atom is 0.413 e. The Kier molecular flexibility index (Phi) is 6.01. The van der Waals surface area contributed by atoms with Crippen molar-refractivity contribution in [2.45, 2.75) is 38.5 Å². The lowest BCUT2D eigenvalue weighted by molar-refractivity contribution is -0.153. The molecule has 0 heterocycles. The Balaban J connectivity index is 2.00. The van der Waals surface area contributed by atoms with Crippen molar-refractivity contribution in [3.8, 4) is 0 Å². The number of carboxylic acid groups (broad SMARTS) is 1. The third-order valence-electron chi connectivity index (χ3n) is 4.75. The summed E-state index contributed by atoms with van der Waals surface area (Å²) in [6.45, 7) is 0. The molecule has 0 radical (unpaired) electrons. The zero-order valence-electron chi connectivity index (χ0n) is 14.6. The fraction of sp³-hybridized carbons (Fsp3) is 0.500. The fourth-order valence-electron chi connectivity index (χ4n) is 3.22. The van der Waals surface area contributed by atoms with E-state index >= 15 is 0 Å². The van der Waals surface area contributed by atoms with Gasteiger partial charge in [-0.1, -0.05) is 19.3 Å². The molecule has 1 aliphatic carbocycles. The average molecular weight is 348 g/mol. The Bertz CT molecular complexity index is 635. The largest absolute Gasteiger partial charge is 0.481 e. The van der Waals surface area contributed by atoms with E-state index in [4.69, 9.17) is 0 Å². The van der Waals surface area contributed by atoms with Gasteiger partial charge in [0.2, 0.25) is 5.91 Å². The highest BCUT2D eigenvalue weighted by molar-refractivity contribution is 5.95. The predicted molar refractivity (Wildman–Crippen MR) is 93.7 cm³/mol. The molecule has 0 atom stereocenters. The van der Waals surface area contributed by atoms with Gasteiger partial charge < -0.3 is 15.2 Å². The molecule has 1 fully saturated rings. The van der Waals surface area contributed by atoms with E-state index in [-0.39, 0.29) is 12.3 Å². The minimum absolute atomic E-state index is 0.0217. The van der Waals surface area contributed by atoms with Crippen LogP contribution in [0.2, 0.25) is 0 Å². The molecule has 1 aromatic carbocycles. The number of carbonyl (C=O) groups excluding carboxylic acids is 2. The van der Waals surface area contributed by atoms with Gasteiger partial charge in [0.1, 0.15) is 0 Å². The number of methoxy groups -OCH3 is 1. The smallest absolute Gasteiger partial charge is 0.413 e. The van der Waals surface area contributed by atoms with Crippen molar-refractivity contribution in [1.29, 1.82) is 0 Å². The SMILES string of the molecule is COC(=O)N(C)c1ccc(NC(=O)CC2(C(=O)O)CCCCC2)cc1. The number of amides is 2. The number of benzene rings is 1. The zero-order chi connectivity index (χ0) is 18.4. The van der Waals surface area contributed by atoms with Crippen LogP contribution in [0.1, 0.15) is 38.5 Å². The van der Waals surface area contributed by atoms with Crippen LogP contribution >= 0.6 is 0 Å². The minimum atomic E-state index is -0.951. The topological polar surface area (TPSA) is 95.9 Å². The van der Waals surface area contributed by atoms with E-state index in [1.165, 1.54) is 12.0 Å². The standard InChI is InChI=1S/C18H24N2O5/c1-20(17(24)25-2)14-8-6-13(7-9-14)19-15(21)12-18(16(22)23)10-4-3-5-11-18/h6-9H,3-5,10-12H2,1-2H3,(H,19,21)(H,22,23). The summed E-state index contributed by atoms with van der Waals surface area (Å²) >= 11 is 0. The van der Waals surface area contributed by atoms with Crippen LogP contribution in [0.5, 0.6) is 0 Å². The molecular formula is C18H24N2O5. The third kappa shape index (κ3) is 4.49. The normalized spacial score (nSPS) is 15.9. The Labute approximate surface area is 147 Å². The second-order valence-electron chi connectivity index (χ2n) is 6.45. The second-order valence-corrected chi connectivity index (χ2v) is 6.45. The molecule has 136 valence electrons. The number of carboxylic acids is 1. The highest BCUT2D eigenvalue weighted by Crippen LogP contribution is 2.39. The van der Waals surface area contributed by atoms with Crippen molar-refractivity contribution in [1.82, 2.24) is 0 Å². The molecule has 0 saturated heterocycles. The Morgan fingerprint density at radius 3 is 2.28 bits per heavy atom. The van der Waals surface area contributed by atoms with Crippen LogP contribution in [-0.2, 0) is 14.3 Å². The van der Waals surface area contributed by atoms with Crippen LogP contribution in [0, 0.1) is 5.41 Å². The van der Waals surface area contributed by atoms with Crippen molar-refractivity contribution >= 4 is 29.3 Å². The summed E-state index contributed by atoms with van der Waals surface area (Å²) in [4.78, 5) is 36.8. The Morgan fingerprint density at radius 2 is 1.76 bits per heavy atom. The number of aliphatic carboxylic acids is 1. The number of hydrogen-bond donors (Lipinski definition) is 2. The molecule has 7 heteroatoms. The first-order valence-electron chi connectivity index (χ1n) is 8.33. The summed E-state index contributed by atoms with van der Waals surface area (Å²) in [5.41, 5.74) is 0.232. The van der Waals surface area contributed by atoms with Gasteiger partial charge >= 0.3 is 12.1 Å². The minimum Gasteiger partial charge on any atom is -0.481 e. The lowest BCUT2D eigenvalue weighted by atomic mass is 9.71. The number of hydrogen-bond acceptors (Lipinski definition) is 4. The van der Waals surface area contributed by atoms with E-state index in [0.717, 1.165) is 19.3 Å². The van der Waals surface area contributed by atoms with Gasteiger partial charge in [-0.05, 0) is 37.1 Å². The van der Waals surface area contributed by atoms with Crippen LogP contribution < -0.4 is 10.2 Å². The summed E-state index contributed by atoms with van der Waals surface area (Å²) < 4.78 is 4.64. The lowest BCUT2D eigenvalue weighted by Crippen LogP contribution is -2.37. The Hall–Kier alpha value is -2.57. The van der Waals surface area contributed by atoms with Crippen LogP contribution in [0.3, 0.4) is 0 Å². The van der Waals surface area contributed by atoms with E-state index in [1.54, 1.807) is 31.3 Å². The highest BCUT2D eigenvalue weighted by atomic mass is 16.5. The molecule has 1 aliphatic rings. The molecule has 0 aromatic heterocycles. The molecule has 25 heavy (non-hydrogen) atoms. The molecule has 0 bridgehead atoms. The maximum absolute atomic E-state index is 12.3. The maximum atomic E-state index is 12.3. The number of nitrogens with zero attached hydrogens (tertiary/aromatic N) is 1. The number of ether oxygens (including phenoxy) is 1. The second kappa shape index (κ2) is 8.00. The summed E-state index contributed by atoms with van der Waals surface area (Å²) in [6.07, 6.45) is 3.27. The van der Waals surface area contributed by atoms with Crippen molar-refractivity contribution in [2.24, 2.45) is 5.41 Å². The lowest BCUT2D eigenvalue weighted by Gasteiger charge is -2.32. The molecule has 0 aliphatic heterocycles. The van der Waals surface area contributed by atoms with Gasteiger partial charge in [0.15, 0.2) is 0 Å². The summed E-state index contributed by atoms with van der Waals surface area (Å²) in [6, 6.07) is 6.70. The van der Waals surface area contributed by atoms with E-state index in [2.05, 4.69) is 10.1 Å². The summed E-state index contributed by atoms with van der Waals surface area (Å²) in [5, 5.41) is 12.3. The van der Waals surface area contributed by atoms with Gasteiger partial charge in [0.25, 0.3) is 0 Å². The number of nitrogens with one attached hydrogen (secondary N) is 1. The highest BCUT2D eigenvalue weighted by Gasteiger charge is 2.41. The first-order valence-corrected chi connectivity index (χ1v) is 8.33. The molecule has 0 unspecified atom stereocenters. The van der Waals surface area contributed by atoms with Crippen molar-refractivity contribution in [3.05, 3.63) is 24.3 Å². The van der Waals surface area contributed by atoms with Crippen LogP contribution in [0.25, 0.3) is 0 Å². The van der Waals surface area contributed by atoms with Gasteiger partial charge in [0, 0.05) is 24.8 Å². The average Bonchev–Trinajstić information content (AvgIpc) is 2.61. The fourth-order valence-corrected chi connectivity index (χ4v) is 3.22. The van der Waals surface area contributed by atoms with Crippen LogP contribution in [-0.4, -0.2) is 37.2 Å². The molecule has 2 amide bonds. The summed E-state index contributed by atoms with van der Waals surface area (Å²) in [5.74, 6) is -1.20. The van der Waals surface area contributed by atoms with E-state index < -0.39 is 17.5 Å². The van der Waals surface area contributed by atoms with Gasteiger partial charge in [-0.25, -0.2) is 4.79 Å². The molecule has 1 saturated carbocycles. The monoisotopic (exact) mass is 348 g/mol. The molecular weight excluding hydrogens is 324 g/mol. The molecule has 2 N–H and O–H groups in total. The van der Waals surface area contributed by atoms with Crippen molar-refractivity contribution in [2.75, 3.05) is 24.4 Å². The van der Waals surface area contributed by atoms with Gasteiger partial charge in [-0.3, -0.25) is 14.5 Å². The molecule has 1 aromatic rings. The van der Waals surface area contributed by atoms with Crippen LogP contribution in [0.15, 0.2) is 24.3 Å². The quantitative estimate of drug-likeness (QED) is 0.851. The number of anilines is 2. The van der Waals surface area contributed by atoms with Gasteiger partial charge in [-0.15, -0.1) is 0 Å². The van der Waals surface area contributed by atoms with Crippen LogP contribution in [0.4, 0.5) is 16.2 Å².